The third kappa shape index (κ3) is 3.34. The number of hydrogen-bond donors (Lipinski definition) is 1. The minimum absolute atomic E-state index is 0.00391. The molecular formula is C21H25N3O5. The molecule has 1 amide bonds. The van der Waals surface area contributed by atoms with Crippen molar-refractivity contribution in [3.05, 3.63) is 38.9 Å². The van der Waals surface area contributed by atoms with Crippen LogP contribution in [0.25, 0.3) is 11.1 Å². The number of oxazole rings is 1. The van der Waals surface area contributed by atoms with E-state index in [4.69, 9.17) is 4.42 Å². The molecule has 4 fully saturated rings. The number of carbonyl (C=O) groups excluding carboxylic acids is 1. The van der Waals surface area contributed by atoms with Crippen LogP contribution in [0.1, 0.15) is 51.4 Å². The minimum atomic E-state index is -0.554. The van der Waals surface area contributed by atoms with E-state index in [2.05, 4.69) is 5.32 Å². The lowest BCUT2D eigenvalue weighted by atomic mass is 9.53. The molecule has 8 nitrogen and oxygen atoms in total. The Morgan fingerprint density at radius 2 is 1.86 bits per heavy atom. The van der Waals surface area contributed by atoms with Gasteiger partial charge < -0.3 is 9.73 Å². The van der Waals surface area contributed by atoms with E-state index in [1.54, 1.807) is 0 Å². The summed E-state index contributed by atoms with van der Waals surface area (Å²) < 4.78 is 6.58. The fourth-order valence-electron chi connectivity index (χ4n) is 6.40. The van der Waals surface area contributed by atoms with Gasteiger partial charge in [-0.25, -0.2) is 4.79 Å². The summed E-state index contributed by atoms with van der Waals surface area (Å²) in [6.07, 6.45) is 8.24. The highest BCUT2D eigenvalue weighted by Gasteiger charge is 2.51. The number of nitrogens with one attached hydrogen (secondary N) is 1. The van der Waals surface area contributed by atoms with Gasteiger partial charge in [-0.2, -0.15) is 0 Å². The molecule has 6 rings (SSSR count). The molecular weight excluding hydrogens is 374 g/mol. The summed E-state index contributed by atoms with van der Waals surface area (Å²) in [5, 5.41) is 14.2. The van der Waals surface area contributed by atoms with E-state index in [1.807, 2.05) is 0 Å². The SMILES string of the molecule is O=C(CCCn1c(=O)oc2cc([N+](=O)[O-])ccc21)NC12CC3CC(CC(C3)C1)C2. The number of fused-ring (bicyclic) bond motifs is 1. The molecule has 4 saturated carbocycles. The van der Waals surface area contributed by atoms with Crippen LogP contribution in [0, 0.1) is 27.9 Å². The zero-order valence-electron chi connectivity index (χ0n) is 16.3. The van der Waals surface area contributed by atoms with Gasteiger partial charge in [0.05, 0.1) is 16.5 Å². The molecule has 0 radical (unpaired) electrons. The highest BCUT2D eigenvalue weighted by molar-refractivity contribution is 5.77. The van der Waals surface area contributed by atoms with Crippen LogP contribution in [-0.4, -0.2) is 20.9 Å². The monoisotopic (exact) mass is 399 g/mol. The number of aryl methyl sites for hydroxylation is 1. The van der Waals surface area contributed by atoms with Gasteiger partial charge in [0.25, 0.3) is 5.69 Å². The molecule has 4 aliphatic rings. The number of amides is 1. The van der Waals surface area contributed by atoms with E-state index >= 15 is 0 Å². The Morgan fingerprint density at radius 1 is 1.21 bits per heavy atom. The lowest BCUT2D eigenvalue weighted by molar-refractivity contribution is -0.384. The second kappa shape index (κ2) is 6.71. The van der Waals surface area contributed by atoms with Crippen molar-refractivity contribution in [2.24, 2.45) is 17.8 Å². The summed E-state index contributed by atoms with van der Waals surface area (Å²) in [5.41, 5.74) is 0.599. The molecule has 2 aromatic rings. The Kier molecular flexibility index (Phi) is 4.26. The van der Waals surface area contributed by atoms with Crippen molar-refractivity contribution in [3.8, 4) is 0 Å². The smallest absolute Gasteiger partial charge is 0.407 e. The van der Waals surface area contributed by atoms with Crippen LogP contribution in [-0.2, 0) is 11.3 Å². The molecule has 29 heavy (non-hydrogen) atoms. The molecule has 0 aliphatic heterocycles. The Labute approximate surface area is 167 Å². The van der Waals surface area contributed by atoms with Gasteiger partial charge in [0.2, 0.25) is 5.91 Å². The molecule has 154 valence electrons. The molecule has 4 bridgehead atoms. The van der Waals surface area contributed by atoms with Crippen LogP contribution in [0.4, 0.5) is 5.69 Å². The highest BCUT2D eigenvalue weighted by Crippen LogP contribution is 2.55. The zero-order chi connectivity index (χ0) is 20.2. The van der Waals surface area contributed by atoms with E-state index in [1.165, 1.54) is 42.0 Å². The van der Waals surface area contributed by atoms with Gasteiger partial charge in [-0.05, 0) is 68.8 Å². The number of rotatable bonds is 6. The van der Waals surface area contributed by atoms with Crippen molar-refractivity contribution in [2.75, 3.05) is 0 Å². The Balaban J connectivity index is 1.21. The maximum atomic E-state index is 12.6. The standard InChI is InChI=1S/C21H25N3O5/c25-19(22-21-10-13-6-14(11-21)8-15(7-13)12-21)2-1-5-23-17-4-3-16(24(27)28)9-18(17)29-20(23)26/h3-4,9,13-15H,1-2,5-8,10-12H2,(H,22,25). The minimum Gasteiger partial charge on any atom is -0.407 e. The normalized spacial score (nSPS) is 30.0. The summed E-state index contributed by atoms with van der Waals surface area (Å²) in [5.74, 6) is 1.84. The molecule has 1 N–H and O–H groups in total. The summed E-state index contributed by atoms with van der Waals surface area (Å²) in [7, 11) is 0. The second-order valence-electron chi connectivity index (χ2n) is 9.28. The molecule has 1 heterocycles. The van der Waals surface area contributed by atoms with Gasteiger partial charge in [-0.1, -0.05) is 0 Å². The summed E-state index contributed by atoms with van der Waals surface area (Å²) >= 11 is 0. The number of aromatic nitrogens is 1. The number of benzene rings is 1. The van der Waals surface area contributed by atoms with Crippen molar-refractivity contribution in [1.29, 1.82) is 0 Å². The van der Waals surface area contributed by atoms with Crippen molar-refractivity contribution >= 4 is 22.7 Å². The quantitative estimate of drug-likeness (QED) is 0.592. The maximum absolute atomic E-state index is 12.6. The zero-order valence-corrected chi connectivity index (χ0v) is 16.3. The van der Waals surface area contributed by atoms with Crippen LogP contribution >= 0.6 is 0 Å². The van der Waals surface area contributed by atoms with E-state index in [0.29, 0.717) is 24.9 Å². The fraction of sp³-hybridized carbons (Fsp3) is 0.619. The van der Waals surface area contributed by atoms with Gasteiger partial charge in [0.1, 0.15) is 0 Å². The van der Waals surface area contributed by atoms with Crippen LogP contribution in [0.2, 0.25) is 0 Å². The second-order valence-corrected chi connectivity index (χ2v) is 9.28. The van der Waals surface area contributed by atoms with E-state index in [-0.39, 0.29) is 22.7 Å². The number of non-ortho nitro benzene ring substituents is 1. The first kappa shape index (κ1) is 18.4. The van der Waals surface area contributed by atoms with Gasteiger partial charge in [-0.3, -0.25) is 19.5 Å². The maximum Gasteiger partial charge on any atom is 0.419 e. The number of nitro groups is 1. The van der Waals surface area contributed by atoms with Crippen molar-refractivity contribution in [3.63, 3.8) is 0 Å². The topological polar surface area (TPSA) is 107 Å². The molecule has 0 unspecified atom stereocenters. The first-order valence-corrected chi connectivity index (χ1v) is 10.5. The fourth-order valence-corrected chi connectivity index (χ4v) is 6.40. The lowest BCUT2D eigenvalue weighted by Gasteiger charge is -2.56. The predicted octanol–water partition coefficient (Wildman–Crippen LogP) is 3.37. The Bertz CT molecular complexity index is 1000. The first-order chi connectivity index (χ1) is 13.9. The third-order valence-electron chi connectivity index (χ3n) is 7.09. The molecule has 1 aromatic carbocycles. The van der Waals surface area contributed by atoms with Gasteiger partial charge in [0, 0.05) is 24.6 Å². The number of hydrogen-bond acceptors (Lipinski definition) is 5. The van der Waals surface area contributed by atoms with Crippen LogP contribution in [0.5, 0.6) is 0 Å². The highest BCUT2D eigenvalue weighted by atomic mass is 16.6. The Hall–Kier alpha value is -2.64. The molecule has 0 spiro atoms. The molecule has 8 heteroatoms. The largest absolute Gasteiger partial charge is 0.419 e. The third-order valence-corrected chi connectivity index (χ3v) is 7.09. The molecule has 1 aromatic heterocycles. The van der Waals surface area contributed by atoms with E-state index in [9.17, 15) is 19.7 Å². The van der Waals surface area contributed by atoms with Crippen molar-refractivity contribution in [2.45, 2.75) is 63.5 Å². The average Bonchev–Trinajstić information content (AvgIpc) is 2.94. The summed E-state index contributed by atoms with van der Waals surface area (Å²) in [6.45, 7) is 0.345. The van der Waals surface area contributed by atoms with Gasteiger partial charge in [0.15, 0.2) is 5.58 Å². The summed E-state index contributed by atoms with van der Waals surface area (Å²) in [6, 6.07) is 4.13. The van der Waals surface area contributed by atoms with E-state index < -0.39 is 10.7 Å². The van der Waals surface area contributed by atoms with Crippen molar-refractivity contribution < 1.29 is 14.1 Å². The van der Waals surface area contributed by atoms with Crippen molar-refractivity contribution in [1.82, 2.24) is 9.88 Å². The Morgan fingerprint density at radius 3 is 2.48 bits per heavy atom. The first-order valence-electron chi connectivity index (χ1n) is 10.5. The van der Waals surface area contributed by atoms with Crippen LogP contribution in [0.15, 0.2) is 27.4 Å². The number of nitro benzene ring substituents is 1. The average molecular weight is 399 g/mol. The predicted molar refractivity (Wildman–Crippen MR) is 105 cm³/mol. The van der Waals surface area contributed by atoms with E-state index in [0.717, 1.165) is 37.0 Å². The van der Waals surface area contributed by atoms with Gasteiger partial charge >= 0.3 is 5.76 Å². The van der Waals surface area contributed by atoms with Crippen LogP contribution in [0.3, 0.4) is 0 Å². The van der Waals surface area contributed by atoms with Crippen LogP contribution < -0.4 is 11.1 Å². The molecule has 4 aliphatic carbocycles. The number of nitrogens with zero attached hydrogens (tertiary/aromatic N) is 2. The number of carbonyl (C=O) groups is 1. The molecule has 0 saturated heterocycles. The molecule has 0 atom stereocenters. The van der Waals surface area contributed by atoms with Gasteiger partial charge in [-0.15, -0.1) is 0 Å². The lowest BCUT2D eigenvalue weighted by Crippen LogP contribution is -2.59. The summed E-state index contributed by atoms with van der Waals surface area (Å²) in [4.78, 5) is 35.1.